The third-order valence-corrected chi connectivity index (χ3v) is 2.22. The number of hydrogen-bond acceptors (Lipinski definition) is 2. The minimum Gasteiger partial charge on any atom is -0.493 e. The number of primary amides is 1. The van der Waals surface area contributed by atoms with Gasteiger partial charge in [-0.15, -0.1) is 0 Å². The zero-order chi connectivity index (χ0) is 11.1. The summed E-state index contributed by atoms with van der Waals surface area (Å²) in [6, 6.07) is 0. The van der Waals surface area contributed by atoms with Crippen molar-refractivity contribution in [2.45, 2.75) is 26.2 Å². The van der Waals surface area contributed by atoms with Crippen LogP contribution in [0.3, 0.4) is 0 Å². The largest absolute Gasteiger partial charge is 0.493 e. The van der Waals surface area contributed by atoms with Gasteiger partial charge in [0.2, 0.25) is 5.91 Å². The molecule has 0 saturated carbocycles. The molecule has 0 aromatic heterocycles. The highest BCUT2D eigenvalue weighted by atomic mass is 16.5. The monoisotopic (exact) mass is 207 g/mol. The van der Waals surface area contributed by atoms with Gasteiger partial charge in [0.25, 0.3) is 0 Å². The molecule has 0 saturated heterocycles. The third-order valence-electron chi connectivity index (χ3n) is 2.22. The maximum Gasteiger partial charge on any atom is 0.220 e. The van der Waals surface area contributed by atoms with Gasteiger partial charge >= 0.3 is 0 Å². The average Bonchev–Trinajstić information content (AvgIpc) is 2.42. The summed E-state index contributed by atoms with van der Waals surface area (Å²) in [5.41, 5.74) is 6.39. The summed E-state index contributed by atoms with van der Waals surface area (Å²) in [6.07, 6.45) is 10.3. The molecule has 1 aliphatic carbocycles. The van der Waals surface area contributed by atoms with Gasteiger partial charge in [-0.05, 0) is 25.0 Å². The minimum absolute atomic E-state index is 0.259. The SMILES string of the molecule is CCC1=CC=C(OCCC(N)=O)C=CC1. The molecule has 82 valence electrons. The van der Waals surface area contributed by atoms with E-state index in [9.17, 15) is 4.79 Å². The van der Waals surface area contributed by atoms with E-state index in [0.717, 1.165) is 18.6 Å². The fraction of sp³-hybridized carbons (Fsp3) is 0.417. The predicted octanol–water partition coefficient (Wildman–Crippen LogP) is 2.06. The highest BCUT2D eigenvalue weighted by Crippen LogP contribution is 2.14. The van der Waals surface area contributed by atoms with Crippen molar-refractivity contribution in [3.63, 3.8) is 0 Å². The van der Waals surface area contributed by atoms with E-state index >= 15 is 0 Å². The normalized spacial score (nSPS) is 15.3. The molecule has 0 heterocycles. The maximum absolute atomic E-state index is 10.5. The second kappa shape index (κ2) is 6.06. The first-order valence-electron chi connectivity index (χ1n) is 5.19. The minimum atomic E-state index is -0.335. The summed E-state index contributed by atoms with van der Waals surface area (Å²) >= 11 is 0. The number of carbonyl (C=O) groups is 1. The van der Waals surface area contributed by atoms with Crippen molar-refractivity contribution in [3.05, 3.63) is 35.6 Å². The summed E-state index contributed by atoms with van der Waals surface area (Å²) in [7, 11) is 0. The van der Waals surface area contributed by atoms with E-state index in [0.29, 0.717) is 6.61 Å². The Hall–Kier alpha value is -1.51. The highest BCUT2D eigenvalue weighted by Gasteiger charge is 2.00. The van der Waals surface area contributed by atoms with Gasteiger partial charge < -0.3 is 10.5 Å². The Morgan fingerprint density at radius 3 is 3.00 bits per heavy atom. The van der Waals surface area contributed by atoms with Crippen LogP contribution in [-0.2, 0) is 9.53 Å². The van der Waals surface area contributed by atoms with Gasteiger partial charge in [-0.2, -0.15) is 0 Å². The standard InChI is InChI=1S/C12H17NO2/c1-2-10-4-3-5-11(7-6-10)15-9-8-12(13)14/h3,5-7H,2,4,8-9H2,1H3,(H2,13,14). The summed E-state index contributed by atoms with van der Waals surface area (Å²) < 4.78 is 5.40. The van der Waals surface area contributed by atoms with E-state index in [-0.39, 0.29) is 12.3 Å². The fourth-order valence-electron chi connectivity index (χ4n) is 1.28. The zero-order valence-electron chi connectivity index (χ0n) is 9.03. The topological polar surface area (TPSA) is 52.3 Å². The molecule has 0 fully saturated rings. The van der Waals surface area contributed by atoms with Crippen molar-refractivity contribution < 1.29 is 9.53 Å². The summed E-state index contributed by atoms with van der Waals surface area (Å²) in [5.74, 6) is 0.456. The smallest absolute Gasteiger partial charge is 0.220 e. The van der Waals surface area contributed by atoms with E-state index in [2.05, 4.69) is 19.1 Å². The molecule has 0 spiro atoms. The van der Waals surface area contributed by atoms with Crippen LogP contribution >= 0.6 is 0 Å². The van der Waals surface area contributed by atoms with Crippen LogP contribution in [0.5, 0.6) is 0 Å². The number of carbonyl (C=O) groups excluding carboxylic acids is 1. The maximum atomic E-state index is 10.5. The predicted molar refractivity (Wildman–Crippen MR) is 60.0 cm³/mol. The van der Waals surface area contributed by atoms with Gasteiger partial charge in [0.15, 0.2) is 0 Å². The molecule has 0 unspecified atom stereocenters. The van der Waals surface area contributed by atoms with Crippen LogP contribution in [-0.4, -0.2) is 12.5 Å². The first-order chi connectivity index (χ1) is 7.22. The van der Waals surface area contributed by atoms with E-state index in [1.165, 1.54) is 5.57 Å². The van der Waals surface area contributed by atoms with Crippen LogP contribution in [0, 0.1) is 0 Å². The number of hydrogen-bond donors (Lipinski definition) is 1. The van der Waals surface area contributed by atoms with Crippen molar-refractivity contribution in [2.75, 3.05) is 6.61 Å². The van der Waals surface area contributed by atoms with Crippen LogP contribution in [0.4, 0.5) is 0 Å². The van der Waals surface area contributed by atoms with Gasteiger partial charge in [0.05, 0.1) is 13.0 Å². The third kappa shape index (κ3) is 4.49. The van der Waals surface area contributed by atoms with Crippen LogP contribution in [0.1, 0.15) is 26.2 Å². The molecule has 1 amide bonds. The molecular weight excluding hydrogens is 190 g/mol. The second-order valence-corrected chi connectivity index (χ2v) is 3.42. The van der Waals surface area contributed by atoms with Gasteiger partial charge in [-0.1, -0.05) is 24.6 Å². The lowest BCUT2D eigenvalue weighted by atomic mass is 10.1. The molecule has 15 heavy (non-hydrogen) atoms. The quantitative estimate of drug-likeness (QED) is 0.750. The lowest BCUT2D eigenvalue weighted by Crippen LogP contribution is -2.13. The Bertz CT molecular complexity index is 314. The van der Waals surface area contributed by atoms with E-state index in [1.54, 1.807) is 0 Å². The Morgan fingerprint density at radius 1 is 1.53 bits per heavy atom. The number of ether oxygens (including phenoxy) is 1. The molecule has 3 nitrogen and oxygen atoms in total. The first-order valence-corrected chi connectivity index (χ1v) is 5.19. The van der Waals surface area contributed by atoms with Gasteiger partial charge in [-0.3, -0.25) is 4.79 Å². The number of nitrogens with two attached hydrogens (primary N) is 1. The lowest BCUT2D eigenvalue weighted by Gasteiger charge is -2.03. The summed E-state index contributed by atoms with van der Waals surface area (Å²) in [5, 5.41) is 0. The molecule has 1 rings (SSSR count). The Kier molecular flexibility index (Phi) is 4.68. The number of allylic oxidation sites excluding steroid dienone is 5. The summed E-state index contributed by atoms with van der Waals surface area (Å²) in [6.45, 7) is 2.48. The van der Waals surface area contributed by atoms with E-state index in [1.807, 2.05) is 12.2 Å². The number of rotatable bonds is 5. The highest BCUT2D eigenvalue weighted by molar-refractivity contribution is 5.73. The Balaban J connectivity index is 2.44. The van der Waals surface area contributed by atoms with E-state index < -0.39 is 0 Å². The lowest BCUT2D eigenvalue weighted by molar-refractivity contribution is -0.118. The molecule has 0 radical (unpaired) electrons. The van der Waals surface area contributed by atoms with Crippen LogP contribution < -0.4 is 5.73 Å². The molecule has 1 aliphatic rings. The van der Waals surface area contributed by atoms with E-state index in [4.69, 9.17) is 10.5 Å². The van der Waals surface area contributed by atoms with Crippen molar-refractivity contribution in [1.29, 1.82) is 0 Å². The molecule has 3 heteroatoms. The van der Waals surface area contributed by atoms with Crippen molar-refractivity contribution in [2.24, 2.45) is 5.73 Å². The first kappa shape index (κ1) is 11.6. The molecular formula is C12H17NO2. The molecule has 0 bridgehead atoms. The second-order valence-electron chi connectivity index (χ2n) is 3.42. The van der Waals surface area contributed by atoms with Gasteiger partial charge in [-0.25, -0.2) is 0 Å². The molecule has 2 N–H and O–H groups in total. The Labute approximate surface area is 90.3 Å². The Morgan fingerprint density at radius 2 is 2.33 bits per heavy atom. The van der Waals surface area contributed by atoms with Gasteiger partial charge in [0.1, 0.15) is 5.76 Å². The zero-order valence-corrected chi connectivity index (χ0v) is 9.03. The summed E-state index contributed by atoms with van der Waals surface area (Å²) in [4.78, 5) is 10.5. The molecule has 0 aromatic rings. The van der Waals surface area contributed by atoms with Crippen molar-refractivity contribution in [3.8, 4) is 0 Å². The van der Waals surface area contributed by atoms with Gasteiger partial charge in [0, 0.05) is 0 Å². The molecule has 0 atom stereocenters. The molecule has 0 aliphatic heterocycles. The van der Waals surface area contributed by atoms with Crippen LogP contribution in [0.2, 0.25) is 0 Å². The van der Waals surface area contributed by atoms with Crippen LogP contribution in [0.25, 0.3) is 0 Å². The number of amides is 1. The fourth-order valence-corrected chi connectivity index (χ4v) is 1.28. The van der Waals surface area contributed by atoms with Crippen LogP contribution in [0.15, 0.2) is 35.6 Å². The average molecular weight is 207 g/mol. The molecule has 0 aromatic carbocycles. The van der Waals surface area contributed by atoms with Crippen molar-refractivity contribution in [1.82, 2.24) is 0 Å². The van der Waals surface area contributed by atoms with Crippen molar-refractivity contribution >= 4 is 5.91 Å².